The predicted molar refractivity (Wildman–Crippen MR) is 132 cm³/mol. The molecule has 0 N–H and O–H groups in total. The average molecular weight is 496 g/mol. The summed E-state index contributed by atoms with van der Waals surface area (Å²) in [6.45, 7) is 0.237. The minimum Gasteiger partial charge on any atom is -0.474 e. The van der Waals surface area contributed by atoms with Gasteiger partial charge in [0.05, 0.1) is 12.2 Å². The van der Waals surface area contributed by atoms with Gasteiger partial charge >= 0.3 is 5.97 Å². The monoisotopic (exact) mass is 495 g/mol. The van der Waals surface area contributed by atoms with E-state index in [0.29, 0.717) is 23.7 Å². The maximum atomic E-state index is 12.4. The first-order valence-electron chi connectivity index (χ1n) is 12.1. The topological polar surface area (TPSA) is 82.4 Å². The first-order valence-corrected chi connectivity index (χ1v) is 12.5. The minimum atomic E-state index is -0.319. The summed E-state index contributed by atoms with van der Waals surface area (Å²) in [6, 6.07) is 11.6. The number of aromatic nitrogens is 4. The number of pyridine rings is 1. The summed E-state index contributed by atoms with van der Waals surface area (Å²) in [5.74, 6) is 2.47. The Morgan fingerprint density at radius 1 is 1.09 bits per heavy atom. The number of rotatable bonds is 6. The second-order valence-corrected chi connectivity index (χ2v) is 10.0. The van der Waals surface area contributed by atoms with Gasteiger partial charge in [-0.25, -0.2) is 4.98 Å². The molecule has 8 nitrogen and oxygen atoms in total. The molecule has 1 fully saturated rings. The lowest BCUT2D eigenvalue weighted by Gasteiger charge is -2.28. The molecule has 35 heavy (non-hydrogen) atoms. The molecule has 1 atom stereocenters. The van der Waals surface area contributed by atoms with Gasteiger partial charge in [0.2, 0.25) is 5.88 Å². The highest BCUT2D eigenvalue weighted by Crippen LogP contribution is 2.37. The average Bonchev–Trinajstić information content (AvgIpc) is 3.16. The molecule has 1 aliphatic heterocycles. The third kappa shape index (κ3) is 5.49. The molecule has 1 unspecified atom stereocenters. The van der Waals surface area contributed by atoms with E-state index in [2.05, 4.69) is 19.7 Å². The Morgan fingerprint density at radius 3 is 2.66 bits per heavy atom. The van der Waals surface area contributed by atoms with Gasteiger partial charge in [-0.15, -0.1) is 10.2 Å². The molecule has 1 aromatic carbocycles. The highest BCUT2D eigenvalue weighted by atomic mass is 35.5. The largest absolute Gasteiger partial charge is 0.474 e. The van der Waals surface area contributed by atoms with Crippen LogP contribution < -0.4 is 4.74 Å². The van der Waals surface area contributed by atoms with Crippen LogP contribution in [0.3, 0.4) is 0 Å². The van der Waals surface area contributed by atoms with Crippen LogP contribution in [0, 0.1) is 0 Å². The third-order valence-electron chi connectivity index (χ3n) is 6.60. The third-order valence-corrected chi connectivity index (χ3v) is 6.84. The number of benzene rings is 1. The highest BCUT2D eigenvalue weighted by Gasteiger charge is 2.32. The molecule has 3 heterocycles. The van der Waals surface area contributed by atoms with Crippen LogP contribution in [0.1, 0.15) is 48.8 Å². The van der Waals surface area contributed by atoms with Crippen molar-refractivity contribution in [2.75, 3.05) is 20.6 Å². The number of ether oxygens (including phenoxy) is 2. The van der Waals surface area contributed by atoms with Gasteiger partial charge in [0.15, 0.2) is 0 Å². The van der Waals surface area contributed by atoms with Gasteiger partial charge in [-0.2, -0.15) is 0 Å². The Kier molecular flexibility index (Phi) is 7.02. The van der Waals surface area contributed by atoms with E-state index < -0.39 is 0 Å². The van der Waals surface area contributed by atoms with Crippen molar-refractivity contribution in [3.63, 3.8) is 0 Å². The lowest BCUT2D eigenvalue weighted by Crippen LogP contribution is -2.29. The second kappa shape index (κ2) is 10.3. The van der Waals surface area contributed by atoms with Gasteiger partial charge in [-0.1, -0.05) is 17.7 Å². The molecule has 0 radical (unpaired) electrons. The van der Waals surface area contributed by atoms with Crippen LogP contribution in [0.2, 0.25) is 5.02 Å². The minimum absolute atomic E-state index is 0.152. The predicted octanol–water partition coefficient (Wildman–Crippen LogP) is 3.99. The van der Waals surface area contributed by atoms with Crippen molar-refractivity contribution in [3.8, 4) is 11.6 Å². The fourth-order valence-corrected chi connectivity index (χ4v) is 5.23. The Hall–Kier alpha value is -2.97. The summed E-state index contributed by atoms with van der Waals surface area (Å²) in [5, 5.41) is 9.85. The summed E-state index contributed by atoms with van der Waals surface area (Å²) in [5.41, 5.74) is 2.05. The normalized spacial score (nSPS) is 21.7. The smallest absolute Gasteiger partial charge is 0.320 e. The summed E-state index contributed by atoms with van der Waals surface area (Å²) in [6.07, 6.45) is 6.46. The standard InChI is InChI=1S/C26H30ClN5O3/c1-31(2)16-25(33)35-21-14-18-13-19(27)8-11-22(18)32-23(15-21)29-30-26(32)17-6-9-20(10-7-17)34-24-5-3-4-12-28-24/h3-5,8,11-13,17,20-21H,6-7,9-10,14-16H2,1-2H3. The van der Waals surface area contributed by atoms with Crippen LogP contribution in [-0.2, 0) is 22.4 Å². The quantitative estimate of drug-likeness (QED) is 0.478. The Bertz CT molecular complexity index is 1170. The van der Waals surface area contributed by atoms with E-state index >= 15 is 0 Å². The van der Waals surface area contributed by atoms with Crippen molar-refractivity contribution in [3.05, 3.63) is 64.8 Å². The number of halogens is 1. The van der Waals surface area contributed by atoms with Crippen molar-refractivity contribution < 1.29 is 14.3 Å². The van der Waals surface area contributed by atoms with Crippen molar-refractivity contribution >= 4 is 17.6 Å². The van der Waals surface area contributed by atoms with Gasteiger partial charge < -0.3 is 9.47 Å². The molecule has 0 spiro atoms. The number of esters is 1. The zero-order valence-corrected chi connectivity index (χ0v) is 20.8. The number of hydrogen-bond donors (Lipinski definition) is 0. The van der Waals surface area contributed by atoms with Crippen LogP contribution in [-0.4, -0.2) is 63.5 Å². The van der Waals surface area contributed by atoms with Gasteiger partial charge in [-0.05, 0) is 69.6 Å². The van der Waals surface area contributed by atoms with Crippen molar-refractivity contribution in [2.45, 2.75) is 56.7 Å². The summed E-state index contributed by atoms with van der Waals surface area (Å²) < 4.78 is 14.1. The fraction of sp³-hybridized carbons (Fsp3) is 0.462. The highest BCUT2D eigenvalue weighted by molar-refractivity contribution is 6.30. The summed E-state index contributed by atoms with van der Waals surface area (Å²) >= 11 is 6.35. The fourth-order valence-electron chi connectivity index (χ4n) is 5.04. The first kappa shape index (κ1) is 23.8. The van der Waals surface area contributed by atoms with E-state index in [0.717, 1.165) is 48.6 Å². The molecule has 1 aliphatic carbocycles. The molecule has 3 aromatic rings. The molecule has 0 bridgehead atoms. The van der Waals surface area contributed by atoms with Gasteiger partial charge in [-0.3, -0.25) is 14.3 Å². The Balaban J connectivity index is 1.37. The molecule has 9 heteroatoms. The summed E-state index contributed by atoms with van der Waals surface area (Å²) in [4.78, 5) is 18.5. The van der Waals surface area contributed by atoms with E-state index in [4.69, 9.17) is 21.1 Å². The lowest BCUT2D eigenvalue weighted by molar-refractivity contribution is -0.149. The molecule has 0 saturated heterocycles. The number of likely N-dealkylation sites (N-methyl/N-ethyl adjacent to an activating group) is 1. The Labute approximate surface area is 210 Å². The molecule has 0 amide bonds. The van der Waals surface area contributed by atoms with Gasteiger partial charge in [0, 0.05) is 36.0 Å². The SMILES string of the molecule is CN(C)CC(=O)OC1Cc2cc(Cl)ccc2-n2c(nnc2C2CCC(Oc3ccccn3)CC2)C1. The van der Waals surface area contributed by atoms with Crippen LogP contribution >= 0.6 is 11.6 Å². The second-order valence-electron chi connectivity index (χ2n) is 9.60. The molecule has 5 rings (SSSR count). The number of hydrogen-bond acceptors (Lipinski definition) is 7. The van der Waals surface area contributed by atoms with Crippen LogP contribution in [0.4, 0.5) is 0 Å². The first-order chi connectivity index (χ1) is 17.0. The molecule has 2 aromatic heterocycles. The van der Waals surface area contributed by atoms with Gasteiger partial charge in [0.25, 0.3) is 0 Å². The van der Waals surface area contributed by atoms with E-state index in [1.165, 1.54) is 0 Å². The van der Waals surface area contributed by atoms with E-state index in [9.17, 15) is 4.79 Å². The molecular weight excluding hydrogens is 466 g/mol. The zero-order valence-electron chi connectivity index (χ0n) is 20.1. The molecule has 2 aliphatic rings. The van der Waals surface area contributed by atoms with Crippen molar-refractivity contribution in [1.29, 1.82) is 0 Å². The molecule has 184 valence electrons. The number of fused-ring (bicyclic) bond motifs is 3. The number of carbonyl (C=O) groups excluding carboxylic acids is 1. The maximum Gasteiger partial charge on any atom is 0.320 e. The number of nitrogens with zero attached hydrogens (tertiary/aromatic N) is 5. The van der Waals surface area contributed by atoms with E-state index in [-0.39, 0.29) is 30.6 Å². The Morgan fingerprint density at radius 2 is 1.91 bits per heavy atom. The van der Waals surface area contributed by atoms with Crippen LogP contribution in [0.25, 0.3) is 5.69 Å². The van der Waals surface area contributed by atoms with Gasteiger partial charge in [0.1, 0.15) is 23.9 Å². The van der Waals surface area contributed by atoms with E-state index in [1.54, 1.807) is 11.1 Å². The molecule has 1 saturated carbocycles. The summed E-state index contributed by atoms with van der Waals surface area (Å²) in [7, 11) is 3.70. The van der Waals surface area contributed by atoms with Crippen LogP contribution in [0.5, 0.6) is 5.88 Å². The van der Waals surface area contributed by atoms with Crippen molar-refractivity contribution in [1.82, 2.24) is 24.6 Å². The van der Waals surface area contributed by atoms with Crippen LogP contribution in [0.15, 0.2) is 42.6 Å². The molecular formula is C26H30ClN5O3. The van der Waals surface area contributed by atoms with Crippen molar-refractivity contribution in [2.24, 2.45) is 0 Å². The zero-order chi connectivity index (χ0) is 24.4. The maximum absolute atomic E-state index is 12.4. The van der Waals surface area contributed by atoms with E-state index in [1.807, 2.05) is 50.5 Å². The number of carbonyl (C=O) groups is 1. The lowest BCUT2D eigenvalue weighted by atomic mass is 9.86.